The van der Waals surface area contributed by atoms with E-state index in [2.05, 4.69) is 149 Å². The first-order valence-corrected chi connectivity index (χ1v) is 13.0. The van der Waals surface area contributed by atoms with Crippen LogP contribution in [0.1, 0.15) is 0 Å². The second-order valence-corrected chi connectivity index (χ2v) is 9.94. The standard InChI is InChI=1S/C36H24N2/c1-3-10-24(11-4-1)26-20-27(25-12-5-2-6-13-25)22-29(21-26)37-28-18-19-31-33-16-9-15-32-30-14-7-8-17-34(30)38(36(32)33)35(31)23-28/h1-23,37H. The minimum atomic E-state index is 1.07. The molecule has 2 heterocycles. The molecule has 0 unspecified atom stereocenters. The predicted octanol–water partition coefficient (Wildman–Crippen LogP) is 9.91. The van der Waals surface area contributed by atoms with Crippen molar-refractivity contribution in [1.82, 2.24) is 4.40 Å². The third-order valence-electron chi connectivity index (χ3n) is 7.66. The van der Waals surface area contributed by atoms with Crippen LogP contribution in [0.15, 0.2) is 140 Å². The monoisotopic (exact) mass is 484 g/mol. The number of hydrogen-bond donors (Lipinski definition) is 1. The molecule has 6 aromatic carbocycles. The van der Waals surface area contributed by atoms with E-state index < -0.39 is 0 Å². The highest BCUT2D eigenvalue weighted by Gasteiger charge is 2.17. The minimum absolute atomic E-state index is 1.07. The summed E-state index contributed by atoms with van der Waals surface area (Å²) >= 11 is 0. The first kappa shape index (κ1) is 21.0. The minimum Gasteiger partial charge on any atom is -0.355 e. The molecule has 0 saturated carbocycles. The highest BCUT2D eigenvalue weighted by Crippen LogP contribution is 2.40. The van der Waals surface area contributed by atoms with Gasteiger partial charge in [0.2, 0.25) is 0 Å². The van der Waals surface area contributed by atoms with Crippen LogP contribution in [0.5, 0.6) is 0 Å². The van der Waals surface area contributed by atoms with Gasteiger partial charge in [0, 0.05) is 32.9 Å². The summed E-state index contributed by atoms with van der Waals surface area (Å²) in [6.45, 7) is 0. The van der Waals surface area contributed by atoms with E-state index in [0.29, 0.717) is 0 Å². The van der Waals surface area contributed by atoms with Gasteiger partial charge in [0.15, 0.2) is 0 Å². The predicted molar refractivity (Wildman–Crippen MR) is 162 cm³/mol. The van der Waals surface area contributed by atoms with E-state index in [1.54, 1.807) is 0 Å². The molecule has 0 bridgehead atoms. The first-order valence-electron chi connectivity index (χ1n) is 13.0. The lowest BCUT2D eigenvalue weighted by Gasteiger charge is -2.13. The van der Waals surface area contributed by atoms with Gasteiger partial charge in [-0.2, -0.15) is 0 Å². The summed E-state index contributed by atoms with van der Waals surface area (Å²) in [5, 5.41) is 8.94. The lowest BCUT2D eigenvalue weighted by molar-refractivity contribution is 1.37. The Kier molecular flexibility index (Phi) is 4.55. The Morgan fingerprint density at radius 2 is 0.947 bits per heavy atom. The summed E-state index contributed by atoms with van der Waals surface area (Å²) in [4.78, 5) is 0. The maximum atomic E-state index is 3.74. The van der Waals surface area contributed by atoms with E-state index in [0.717, 1.165) is 11.4 Å². The number of anilines is 2. The van der Waals surface area contributed by atoms with Crippen LogP contribution in [-0.4, -0.2) is 4.40 Å². The summed E-state index contributed by atoms with van der Waals surface area (Å²) in [6.07, 6.45) is 0. The molecule has 0 aliphatic rings. The van der Waals surface area contributed by atoms with Crippen molar-refractivity contribution >= 4 is 49.5 Å². The maximum Gasteiger partial charge on any atom is 0.0620 e. The van der Waals surface area contributed by atoms with Crippen molar-refractivity contribution < 1.29 is 0 Å². The first-order chi connectivity index (χ1) is 18.8. The van der Waals surface area contributed by atoms with E-state index in [1.807, 2.05) is 0 Å². The molecular formula is C36H24N2. The topological polar surface area (TPSA) is 16.4 Å². The number of nitrogens with one attached hydrogen (secondary N) is 1. The zero-order valence-corrected chi connectivity index (χ0v) is 20.7. The largest absolute Gasteiger partial charge is 0.355 e. The second-order valence-electron chi connectivity index (χ2n) is 9.94. The molecular weight excluding hydrogens is 460 g/mol. The summed E-state index contributed by atoms with van der Waals surface area (Å²) in [7, 11) is 0. The normalized spacial score (nSPS) is 11.7. The van der Waals surface area contributed by atoms with Gasteiger partial charge in [-0.3, -0.25) is 0 Å². The molecule has 0 amide bonds. The van der Waals surface area contributed by atoms with Gasteiger partial charge in [0.25, 0.3) is 0 Å². The van der Waals surface area contributed by atoms with Crippen LogP contribution >= 0.6 is 0 Å². The summed E-state index contributed by atoms with van der Waals surface area (Å²) < 4.78 is 2.43. The summed E-state index contributed by atoms with van der Waals surface area (Å²) in [6, 6.07) is 50.1. The molecule has 1 N–H and O–H groups in total. The van der Waals surface area contributed by atoms with Gasteiger partial charge in [0.1, 0.15) is 0 Å². The number of aromatic nitrogens is 1. The Hall–Kier alpha value is -5.08. The number of para-hydroxylation sites is 2. The number of rotatable bonds is 4. The molecule has 8 rings (SSSR count). The van der Waals surface area contributed by atoms with Crippen molar-refractivity contribution in [2.24, 2.45) is 0 Å². The highest BCUT2D eigenvalue weighted by atomic mass is 14.9. The Morgan fingerprint density at radius 1 is 0.368 bits per heavy atom. The molecule has 0 radical (unpaired) electrons. The molecule has 2 heteroatoms. The van der Waals surface area contributed by atoms with Crippen molar-refractivity contribution in [1.29, 1.82) is 0 Å². The van der Waals surface area contributed by atoms with Gasteiger partial charge in [-0.05, 0) is 58.7 Å². The van der Waals surface area contributed by atoms with Crippen LogP contribution < -0.4 is 5.32 Å². The van der Waals surface area contributed by atoms with Crippen LogP contribution in [0, 0.1) is 0 Å². The number of fused-ring (bicyclic) bond motifs is 6. The number of benzene rings is 6. The molecule has 0 aliphatic carbocycles. The molecule has 0 atom stereocenters. The van der Waals surface area contributed by atoms with Gasteiger partial charge in [-0.25, -0.2) is 0 Å². The lowest BCUT2D eigenvalue weighted by Crippen LogP contribution is -1.93. The molecule has 2 nitrogen and oxygen atoms in total. The zero-order chi connectivity index (χ0) is 25.1. The smallest absolute Gasteiger partial charge is 0.0620 e. The highest BCUT2D eigenvalue weighted by molar-refractivity contribution is 6.23. The SMILES string of the molecule is c1ccc(-c2cc(Nc3ccc4c5cccc6c7ccccc7n(c4c3)c65)cc(-c3ccccc3)c2)cc1. The van der Waals surface area contributed by atoms with Gasteiger partial charge in [-0.1, -0.05) is 103 Å². The van der Waals surface area contributed by atoms with E-state index in [-0.39, 0.29) is 0 Å². The van der Waals surface area contributed by atoms with Crippen LogP contribution in [0.4, 0.5) is 11.4 Å². The van der Waals surface area contributed by atoms with Gasteiger partial charge >= 0.3 is 0 Å². The molecule has 0 aliphatic heterocycles. The summed E-state index contributed by atoms with van der Waals surface area (Å²) in [5.41, 5.74) is 10.7. The van der Waals surface area contributed by atoms with Crippen LogP contribution in [0.2, 0.25) is 0 Å². The van der Waals surface area contributed by atoms with Crippen LogP contribution in [0.25, 0.3) is 60.3 Å². The fourth-order valence-electron chi connectivity index (χ4n) is 5.97. The Bertz CT molecular complexity index is 2030. The average Bonchev–Trinajstić information content (AvgIpc) is 3.50. The lowest BCUT2D eigenvalue weighted by atomic mass is 9.98. The van der Waals surface area contributed by atoms with Crippen molar-refractivity contribution in [3.8, 4) is 22.3 Å². The maximum absolute atomic E-state index is 3.74. The average molecular weight is 485 g/mol. The van der Waals surface area contributed by atoms with E-state index in [4.69, 9.17) is 0 Å². The summed E-state index contributed by atoms with van der Waals surface area (Å²) in [5.74, 6) is 0. The van der Waals surface area contributed by atoms with Crippen molar-refractivity contribution in [3.63, 3.8) is 0 Å². The Balaban J connectivity index is 1.30. The van der Waals surface area contributed by atoms with Crippen molar-refractivity contribution in [2.75, 3.05) is 5.32 Å². The van der Waals surface area contributed by atoms with Gasteiger partial charge < -0.3 is 9.72 Å². The third-order valence-corrected chi connectivity index (χ3v) is 7.66. The molecule has 0 spiro atoms. The number of nitrogens with zero attached hydrogens (tertiary/aromatic N) is 1. The molecule has 38 heavy (non-hydrogen) atoms. The van der Waals surface area contributed by atoms with Gasteiger partial charge in [0.05, 0.1) is 16.6 Å². The fraction of sp³-hybridized carbons (Fsp3) is 0. The van der Waals surface area contributed by atoms with Crippen molar-refractivity contribution in [2.45, 2.75) is 0 Å². The van der Waals surface area contributed by atoms with Crippen LogP contribution in [0.3, 0.4) is 0 Å². The molecule has 2 aromatic heterocycles. The molecule has 0 fully saturated rings. The molecule has 178 valence electrons. The third kappa shape index (κ3) is 3.21. The Morgan fingerprint density at radius 3 is 1.63 bits per heavy atom. The quantitative estimate of drug-likeness (QED) is 0.263. The van der Waals surface area contributed by atoms with Gasteiger partial charge in [-0.15, -0.1) is 0 Å². The Labute approximate surface area is 220 Å². The van der Waals surface area contributed by atoms with E-state index in [1.165, 1.54) is 60.3 Å². The fourth-order valence-corrected chi connectivity index (χ4v) is 5.97. The van der Waals surface area contributed by atoms with Crippen LogP contribution in [-0.2, 0) is 0 Å². The molecule has 8 aromatic rings. The molecule has 0 saturated heterocycles. The second kappa shape index (κ2) is 8.22. The zero-order valence-electron chi connectivity index (χ0n) is 20.7. The van der Waals surface area contributed by atoms with Crippen molar-refractivity contribution in [3.05, 3.63) is 140 Å². The number of hydrogen-bond acceptors (Lipinski definition) is 1. The van der Waals surface area contributed by atoms with E-state index in [9.17, 15) is 0 Å². The van der Waals surface area contributed by atoms with E-state index >= 15 is 0 Å².